The number of carbonyl (C=O) groups excluding carboxylic acids is 1. The topological polar surface area (TPSA) is 63.2 Å². The van der Waals surface area contributed by atoms with Crippen molar-refractivity contribution in [1.29, 1.82) is 0 Å². The molecular formula is C11H10Cl2FNO3S. The third-order valence-corrected chi connectivity index (χ3v) is 4.30. The van der Waals surface area contributed by atoms with Gasteiger partial charge in [0.15, 0.2) is 5.82 Å². The zero-order chi connectivity index (χ0) is 14.2. The zero-order valence-corrected chi connectivity index (χ0v) is 11.9. The maximum Gasteiger partial charge on any atom is 0.264 e. The molecule has 0 aliphatic heterocycles. The van der Waals surface area contributed by atoms with E-state index in [4.69, 9.17) is 22.3 Å². The van der Waals surface area contributed by atoms with E-state index in [0.717, 1.165) is 25.0 Å². The highest BCUT2D eigenvalue weighted by atomic mass is 35.7. The summed E-state index contributed by atoms with van der Waals surface area (Å²) in [4.78, 5) is 11.0. The van der Waals surface area contributed by atoms with Crippen LogP contribution in [-0.4, -0.2) is 20.9 Å². The molecule has 0 spiro atoms. The summed E-state index contributed by atoms with van der Waals surface area (Å²) in [7, 11) is 0.794. The molecule has 2 rings (SSSR count). The molecule has 104 valence electrons. The monoisotopic (exact) mass is 325 g/mol. The van der Waals surface area contributed by atoms with Gasteiger partial charge in [-0.05, 0) is 30.9 Å². The number of hydrogen-bond donors (Lipinski definition) is 1. The van der Waals surface area contributed by atoms with Crippen molar-refractivity contribution in [3.8, 4) is 0 Å². The predicted molar refractivity (Wildman–Crippen MR) is 69.5 cm³/mol. The molecule has 4 nitrogen and oxygen atoms in total. The highest BCUT2D eigenvalue weighted by Crippen LogP contribution is 2.29. The molecule has 19 heavy (non-hydrogen) atoms. The molecule has 1 aromatic carbocycles. The van der Waals surface area contributed by atoms with Crippen molar-refractivity contribution in [1.82, 2.24) is 5.32 Å². The molecule has 0 saturated heterocycles. The van der Waals surface area contributed by atoms with Gasteiger partial charge in [0.1, 0.15) is 4.90 Å². The summed E-state index contributed by atoms with van der Waals surface area (Å²) in [5.74, 6) is -1.47. The summed E-state index contributed by atoms with van der Waals surface area (Å²) in [6.07, 6.45) is 2.05. The van der Waals surface area contributed by atoms with Crippen molar-refractivity contribution in [2.45, 2.75) is 17.7 Å². The van der Waals surface area contributed by atoms with Gasteiger partial charge in [0.05, 0.1) is 5.56 Å². The maximum absolute atomic E-state index is 14.0. The molecule has 1 aliphatic rings. The van der Waals surface area contributed by atoms with Crippen LogP contribution >= 0.6 is 22.3 Å². The standard InChI is InChI=1S/C11H10Cl2FNO3S/c12-7-3-8(11(16)15-5-6-1-2-6)10(14)9(4-7)19(13,17)18/h3-4,6H,1-2,5H2,(H,15,16). The lowest BCUT2D eigenvalue weighted by Crippen LogP contribution is -2.26. The van der Waals surface area contributed by atoms with Crippen molar-refractivity contribution < 1.29 is 17.6 Å². The first-order valence-electron chi connectivity index (χ1n) is 5.51. The average molecular weight is 326 g/mol. The quantitative estimate of drug-likeness (QED) is 0.865. The minimum atomic E-state index is -4.30. The molecule has 0 heterocycles. The Hall–Kier alpha value is -0.850. The van der Waals surface area contributed by atoms with E-state index in [0.29, 0.717) is 12.5 Å². The first-order chi connectivity index (χ1) is 8.79. The Morgan fingerprint density at radius 3 is 2.58 bits per heavy atom. The molecule has 0 bridgehead atoms. The van der Waals surface area contributed by atoms with Crippen molar-refractivity contribution in [3.63, 3.8) is 0 Å². The number of benzene rings is 1. The van der Waals surface area contributed by atoms with E-state index in [1.807, 2.05) is 0 Å². The first-order valence-corrected chi connectivity index (χ1v) is 8.19. The van der Waals surface area contributed by atoms with Gasteiger partial charge in [0.25, 0.3) is 15.0 Å². The SMILES string of the molecule is O=C(NCC1CC1)c1cc(Cl)cc(S(=O)(=O)Cl)c1F. The molecule has 1 saturated carbocycles. The molecule has 8 heteroatoms. The van der Waals surface area contributed by atoms with Crippen molar-refractivity contribution in [2.24, 2.45) is 5.92 Å². The first kappa shape index (κ1) is 14.6. The summed E-state index contributed by atoms with van der Waals surface area (Å²) in [5.41, 5.74) is -0.424. The highest BCUT2D eigenvalue weighted by Gasteiger charge is 2.26. The molecule has 1 aromatic rings. The Balaban J connectivity index is 2.33. The highest BCUT2D eigenvalue weighted by molar-refractivity contribution is 8.13. The van der Waals surface area contributed by atoms with Gasteiger partial charge in [-0.2, -0.15) is 0 Å². The molecule has 1 fully saturated rings. The Labute approximate surface area is 119 Å². The van der Waals surface area contributed by atoms with Gasteiger partial charge in [-0.3, -0.25) is 4.79 Å². The van der Waals surface area contributed by atoms with Crippen LogP contribution in [0.15, 0.2) is 17.0 Å². The van der Waals surface area contributed by atoms with Gasteiger partial charge in [0.2, 0.25) is 0 Å². The fraction of sp³-hybridized carbons (Fsp3) is 0.364. The number of nitrogens with one attached hydrogen (secondary N) is 1. The number of amides is 1. The van der Waals surface area contributed by atoms with Crippen LogP contribution in [0.1, 0.15) is 23.2 Å². The average Bonchev–Trinajstić information content (AvgIpc) is 3.11. The molecule has 1 aliphatic carbocycles. The molecule has 0 atom stereocenters. The van der Waals surface area contributed by atoms with Crippen LogP contribution in [0.4, 0.5) is 4.39 Å². The maximum atomic E-state index is 14.0. The second-order valence-corrected chi connectivity index (χ2v) is 7.33. The Morgan fingerprint density at radius 1 is 1.42 bits per heavy atom. The van der Waals surface area contributed by atoms with Crippen LogP contribution in [0.5, 0.6) is 0 Å². The largest absolute Gasteiger partial charge is 0.352 e. The molecule has 1 N–H and O–H groups in total. The summed E-state index contributed by atoms with van der Waals surface area (Å²) in [6.45, 7) is 0.438. The van der Waals surface area contributed by atoms with Crippen LogP contribution in [0.3, 0.4) is 0 Å². The third-order valence-electron chi connectivity index (χ3n) is 2.76. The van der Waals surface area contributed by atoms with Crippen LogP contribution in [0.25, 0.3) is 0 Å². The van der Waals surface area contributed by atoms with Gasteiger partial charge in [-0.25, -0.2) is 12.8 Å². The Kier molecular flexibility index (Phi) is 4.03. The lowest BCUT2D eigenvalue weighted by Gasteiger charge is -2.08. The number of carbonyl (C=O) groups is 1. The van der Waals surface area contributed by atoms with Crippen molar-refractivity contribution in [2.75, 3.05) is 6.54 Å². The van der Waals surface area contributed by atoms with E-state index in [2.05, 4.69) is 5.32 Å². The Bertz CT molecular complexity index is 629. The predicted octanol–water partition coefficient (Wildman–Crippen LogP) is 2.55. The second kappa shape index (κ2) is 5.26. The lowest BCUT2D eigenvalue weighted by molar-refractivity contribution is 0.0947. The number of halogens is 3. The fourth-order valence-corrected chi connectivity index (χ4v) is 2.77. The minimum absolute atomic E-state index is 0.0720. The minimum Gasteiger partial charge on any atom is -0.352 e. The summed E-state index contributed by atoms with van der Waals surface area (Å²) in [6, 6.07) is 1.95. The molecule has 0 radical (unpaired) electrons. The number of rotatable bonds is 4. The van der Waals surface area contributed by atoms with Gasteiger partial charge in [-0.15, -0.1) is 0 Å². The van der Waals surface area contributed by atoms with Gasteiger partial charge in [-0.1, -0.05) is 11.6 Å². The molecule has 0 unspecified atom stereocenters. The summed E-state index contributed by atoms with van der Waals surface area (Å²) >= 11 is 5.68. The van der Waals surface area contributed by atoms with Crippen LogP contribution in [0, 0.1) is 11.7 Å². The molecule has 0 aromatic heterocycles. The van der Waals surface area contributed by atoms with Crippen LogP contribution in [0.2, 0.25) is 5.02 Å². The summed E-state index contributed by atoms with van der Waals surface area (Å²) in [5, 5.41) is 2.46. The fourth-order valence-electron chi connectivity index (χ4n) is 1.56. The van der Waals surface area contributed by atoms with Crippen molar-refractivity contribution in [3.05, 3.63) is 28.5 Å². The van der Waals surface area contributed by atoms with E-state index < -0.39 is 31.2 Å². The zero-order valence-electron chi connectivity index (χ0n) is 9.62. The molecule has 1 amide bonds. The van der Waals surface area contributed by atoms with E-state index in [-0.39, 0.29) is 5.02 Å². The van der Waals surface area contributed by atoms with Crippen LogP contribution in [-0.2, 0) is 9.05 Å². The van der Waals surface area contributed by atoms with E-state index in [9.17, 15) is 17.6 Å². The van der Waals surface area contributed by atoms with E-state index >= 15 is 0 Å². The van der Waals surface area contributed by atoms with Gasteiger partial charge in [0, 0.05) is 22.2 Å². The Morgan fingerprint density at radius 2 is 2.05 bits per heavy atom. The van der Waals surface area contributed by atoms with E-state index in [1.54, 1.807) is 0 Å². The summed E-state index contributed by atoms with van der Waals surface area (Å²) < 4.78 is 36.3. The molecular weight excluding hydrogens is 316 g/mol. The van der Waals surface area contributed by atoms with E-state index in [1.165, 1.54) is 0 Å². The van der Waals surface area contributed by atoms with Crippen molar-refractivity contribution >= 4 is 37.2 Å². The number of hydrogen-bond acceptors (Lipinski definition) is 3. The van der Waals surface area contributed by atoms with Crippen LogP contribution < -0.4 is 5.32 Å². The van der Waals surface area contributed by atoms with Gasteiger partial charge < -0.3 is 5.32 Å². The normalized spacial score (nSPS) is 15.3. The second-order valence-electron chi connectivity index (χ2n) is 4.36. The lowest BCUT2D eigenvalue weighted by atomic mass is 10.2. The third kappa shape index (κ3) is 3.58. The smallest absolute Gasteiger partial charge is 0.264 e. The van der Waals surface area contributed by atoms with Gasteiger partial charge >= 0.3 is 0 Å².